The summed E-state index contributed by atoms with van der Waals surface area (Å²) in [6.07, 6.45) is 0. The zero-order valence-electron chi connectivity index (χ0n) is 11.0. The maximum atomic E-state index is 12.1. The number of hydrogen-bond acceptors (Lipinski definition) is 5. The van der Waals surface area contributed by atoms with E-state index in [1.54, 1.807) is 6.92 Å². The highest BCUT2D eigenvalue weighted by molar-refractivity contribution is 6.35. The van der Waals surface area contributed by atoms with Crippen LogP contribution in [0.2, 0.25) is 5.02 Å². The minimum atomic E-state index is -0.676. The summed E-state index contributed by atoms with van der Waals surface area (Å²) in [6, 6.07) is 3.92. The van der Waals surface area contributed by atoms with E-state index >= 15 is 0 Å². The third-order valence-electron chi connectivity index (χ3n) is 2.42. The van der Waals surface area contributed by atoms with Gasteiger partial charge in [-0.1, -0.05) is 17.7 Å². The van der Waals surface area contributed by atoms with Crippen molar-refractivity contribution in [1.82, 2.24) is 4.90 Å². The van der Waals surface area contributed by atoms with Crippen molar-refractivity contribution in [3.8, 4) is 0 Å². The van der Waals surface area contributed by atoms with Gasteiger partial charge in [-0.3, -0.25) is 19.7 Å². The fourth-order valence-electron chi connectivity index (χ4n) is 1.50. The van der Waals surface area contributed by atoms with E-state index in [0.29, 0.717) is 0 Å². The molecular weight excluding hydrogens is 288 g/mol. The van der Waals surface area contributed by atoms with Crippen LogP contribution >= 0.6 is 11.6 Å². The van der Waals surface area contributed by atoms with E-state index in [0.717, 1.165) is 4.90 Å². The topological polar surface area (TPSA) is 89.8 Å². The molecule has 20 heavy (non-hydrogen) atoms. The summed E-state index contributed by atoms with van der Waals surface area (Å²) in [6.45, 7) is 1.60. The molecule has 0 atom stereocenters. The van der Waals surface area contributed by atoms with Crippen molar-refractivity contribution >= 4 is 29.2 Å². The number of likely N-dealkylation sites (N-methyl/N-ethyl adjacent to an activating group) is 1. The second-order valence-electron chi connectivity index (χ2n) is 3.86. The molecule has 1 aromatic rings. The van der Waals surface area contributed by atoms with Gasteiger partial charge in [-0.05, 0) is 13.0 Å². The van der Waals surface area contributed by atoms with E-state index in [9.17, 15) is 19.7 Å². The van der Waals surface area contributed by atoms with Gasteiger partial charge in [0.2, 0.25) is 0 Å². The maximum absolute atomic E-state index is 12.1. The van der Waals surface area contributed by atoms with Crippen LogP contribution in [-0.2, 0) is 9.53 Å². The van der Waals surface area contributed by atoms with E-state index in [1.165, 1.54) is 25.2 Å². The minimum absolute atomic E-state index is 0.0346. The molecular formula is C12H13ClN2O5. The molecule has 7 nitrogen and oxygen atoms in total. The monoisotopic (exact) mass is 300 g/mol. The second-order valence-corrected chi connectivity index (χ2v) is 4.24. The lowest BCUT2D eigenvalue weighted by molar-refractivity contribution is -0.384. The van der Waals surface area contributed by atoms with Gasteiger partial charge < -0.3 is 9.64 Å². The number of halogens is 1. The molecule has 8 heteroatoms. The molecule has 0 N–H and O–H groups in total. The summed E-state index contributed by atoms with van der Waals surface area (Å²) < 4.78 is 4.72. The average molecular weight is 301 g/mol. The largest absolute Gasteiger partial charge is 0.465 e. The quantitative estimate of drug-likeness (QED) is 0.470. The Balaban J connectivity index is 2.95. The molecule has 0 saturated heterocycles. The fourth-order valence-corrected chi connectivity index (χ4v) is 1.78. The minimum Gasteiger partial charge on any atom is -0.465 e. The molecule has 0 aliphatic rings. The van der Waals surface area contributed by atoms with Gasteiger partial charge in [0.1, 0.15) is 11.6 Å². The summed E-state index contributed by atoms with van der Waals surface area (Å²) >= 11 is 5.84. The summed E-state index contributed by atoms with van der Waals surface area (Å²) in [5.41, 5.74) is -0.394. The van der Waals surface area contributed by atoms with Gasteiger partial charge in [-0.2, -0.15) is 0 Å². The number of rotatable bonds is 5. The first-order chi connectivity index (χ1) is 9.38. The Morgan fingerprint density at radius 3 is 2.65 bits per heavy atom. The van der Waals surface area contributed by atoms with Crippen molar-refractivity contribution in [3.63, 3.8) is 0 Å². The van der Waals surface area contributed by atoms with Crippen molar-refractivity contribution in [2.45, 2.75) is 6.92 Å². The van der Waals surface area contributed by atoms with E-state index in [4.69, 9.17) is 16.3 Å². The highest BCUT2D eigenvalue weighted by Gasteiger charge is 2.23. The van der Waals surface area contributed by atoms with Crippen LogP contribution in [0.5, 0.6) is 0 Å². The van der Waals surface area contributed by atoms with Gasteiger partial charge in [0.25, 0.3) is 11.6 Å². The Kier molecular flexibility index (Phi) is 5.45. The predicted molar refractivity (Wildman–Crippen MR) is 71.7 cm³/mol. The molecule has 0 radical (unpaired) electrons. The summed E-state index contributed by atoms with van der Waals surface area (Å²) in [7, 11) is 1.38. The van der Waals surface area contributed by atoms with E-state index in [-0.39, 0.29) is 29.4 Å². The molecule has 0 aliphatic carbocycles. The number of esters is 1. The number of ether oxygens (including phenoxy) is 1. The maximum Gasteiger partial charge on any atom is 0.325 e. The SMILES string of the molecule is CCOC(=O)CN(C)C(=O)c1cccc([N+](=O)[O-])c1Cl. The van der Waals surface area contributed by atoms with Gasteiger partial charge in [0, 0.05) is 13.1 Å². The lowest BCUT2D eigenvalue weighted by Gasteiger charge is -2.16. The molecule has 1 amide bonds. The first kappa shape index (κ1) is 15.9. The highest BCUT2D eigenvalue weighted by Crippen LogP contribution is 2.28. The Morgan fingerprint density at radius 1 is 1.45 bits per heavy atom. The third-order valence-corrected chi connectivity index (χ3v) is 2.82. The van der Waals surface area contributed by atoms with Crippen molar-refractivity contribution in [1.29, 1.82) is 0 Å². The molecule has 1 rings (SSSR count). The number of nitro benzene ring substituents is 1. The first-order valence-electron chi connectivity index (χ1n) is 5.72. The molecule has 108 valence electrons. The second kappa shape index (κ2) is 6.85. The number of carbonyl (C=O) groups is 2. The molecule has 0 spiro atoms. The number of nitrogens with zero attached hydrogens (tertiary/aromatic N) is 2. The average Bonchev–Trinajstić information content (AvgIpc) is 2.38. The van der Waals surface area contributed by atoms with Gasteiger partial charge >= 0.3 is 5.97 Å². The van der Waals surface area contributed by atoms with Crippen LogP contribution < -0.4 is 0 Å². The fraction of sp³-hybridized carbons (Fsp3) is 0.333. The van der Waals surface area contributed by atoms with E-state index in [2.05, 4.69) is 0 Å². The lowest BCUT2D eigenvalue weighted by atomic mass is 10.1. The highest BCUT2D eigenvalue weighted by atomic mass is 35.5. The van der Waals surface area contributed by atoms with Gasteiger partial charge in [-0.15, -0.1) is 0 Å². The number of amides is 1. The van der Waals surface area contributed by atoms with Crippen LogP contribution in [-0.4, -0.2) is 41.9 Å². The Hall–Kier alpha value is -2.15. The van der Waals surface area contributed by atoms with Crippen LogP contribution in [0.3, 0.4) is 0 Å². The van der Waals surface area contributed by atoms with Crippen LogP contribution in [0.4, 0.5) is 5.69 Å². The van der Waals surface area contributed by atoms with Crippen molar-refractivity contribution in [2.24, 2.45) is 0 Å². The van der Waals surface area contributed by atoms with E-state index < -0.39 is 16.8 Å². The van der Waals surface area contributed by atoms with Gasteiger partial charge in [0.05, 0.1) is 17.1 Å². The third kappa shape index (κ3) is 3.67. The van der Waals surface area contributed by atoms with Crippen molar-refractivity contribution < 1.29 is 19.2 Å². The number of nitro groups is 1. The van der Waals surface area contributed by atoms with Crippen molar-refractivity contribution in [2.75, 3.05) is 20.2 Å². The Labute approximate surface area is 120 Å². The lowest BCUT2D eigenvalue weighted by Crippen LogP contribution is -2.33. The number of carbonyl (C=O) groups excluding carboxylic acids is 2. The molecule has 0 aromatic heterocycles. The summed E-state index contributed by atoms with van der Waals surface area (Å²) in [4.78, 5) is 34.5. The Morgan fingerprint density at radius 2 is 2.10 bits per heavy atom. The Bertz CT molecular complexity index is 547. The van der Waals surface area contributed by atoms with Crippen LogP contribution in [0.25, 0.3) is 0 Å². The molecule has 0 fully saturated rings. The summed E-state index contributed by atoms with van der Waals surface area (Å²) in [5, 5.41) is 10.5. The zero-order valence-corrected chi connectivity index (χ0v) is 11.7. The zero-order chi connectivity index (χ0) is 15.3. The normalized spacial score (nSPS) is 9.95. The van der Waals surface area contributed by atoms with E-state index in [1.807, 2.05) is 0 Å². The predicted octanol–water partition coefficient (Wildman–Crippen LogP) is 1.88. The standard InChI is InChI=1S/C12H13ClN2O5/c1-3-20-10(16)7-14(2)12(17)8-5-4-6-9(11(8)13)15(18)19/h4-6H,3,7H2,1-2H3. The number of benzene rings is 1. The van der Waals surface area contributed by atoms with Gasteiger partial charge in [-0.25, -0.2) is 0 Å². The summed E-state index contributed by atoms with van der Waals surface area (Å²) in [5.74, 6) is -1.16. The molecule has 0 bridgehead atoms. The first-order valence-corrected chi connectivity index (χ1v) is 6.10. The number of hydrogen-bond donors (Lipinski definition) is 0. The van der Waals surface area contributed by atoms with Crippen LogP contribution in [0, 0.1) is 10.1 Å². The molecule has 1 aromatic carbocycles. The van der Waals surface area contributed by atoms with Crippen LogP contribution in [0.1, 0.15) is 17.3 Å². The molecule has 0 saturated carbocycles. The molecule has 0 heterocycles. The smallest absolute Gasteiger partial charge is 0.325 e. The molecule has 0 aliphatic heterocycles. The van der Waals surface area contributed by atoms with Crippen molar-refractivity contribution in [3.05, 3.63) is 38.9 Å². The van der Waals surface area contributed by atoms with Crippen LogP contribution in [0.15, 0.2) is 18.2 Å². The van der Waals surface area contributed by atoms with Gasteiger partial charge in [0.15, 0.2) is 0 Å². The molecule has 0 unspecified atom stereocenters.